The smallest absolute Gasteiger partial charge is 0.472 e. The first-order valence-corrected chi connectivity index (χ1v) is 22.3. The fourth-order valence-electron chi connectivity index (χ4n) is 6.00. The summed E-state index contributed by atoms with van der Waals surface area (Å²) in [5, 5.41) is 0. The predicted molar refractivity (Wildman–Crippen MR) is 210 cm³/mol. The number of nitrogens with two attached hydrogens (primary N) is 1. The van der Waals surface area contributed by atoms with Crippen molar-refractivity contribution in [2.45, 2.75) is 206 Å². The molecule has 0 radical (unpaired) electrons. The van der Waals surface area contributed by atoms with Gasteiger partial charge in [-0.1, -0.05) is 167 Å². The van der Waals surface area contributed by atoms with Crippen LogP contribution in [0, 0.1) is 0 Å². The Labute approximate surface area is 308 Å². The number of unbranched alkanes of at least 4 members (excludes halogenated alkanes) is 27. The van der Waals surface area contributed by atoms with Gasteiger partial charge in [-0.15, -0.1) is 6.58 Å². The van der Waals surface area contributed by atoms with Gasteiger partial charge >= 0.3 is 13.8 Å². The molecule has 0 amide bonds. The zero-order valence-electron chi connectivity index (χ0n) is 32.5. The molecule has 0 aliphatic heterocycles. The molecule has 0 heterocycles. The molecule has 0 saturated carbocycles. The molecule has 0 bridgehead atoms. The maximum atomic E-state index is 12.5. The first-order chi connectivity index (χ1) is 24.4. The highest BCUT2D eigenvalue weighted by atomic mass is 31.2. The molecule has 3 N–H and O–H groups in total. The number of carbonyl (C=O) groups excluding carboxylic acids is 1. The molecule has 0 rings (SSSR count). The quantitative estimate of drug-likeness (QED) is 0.0210. The standard InChI is InChI=1S/C41H80NO7P/c1-3-5-7-9-11-13-15-17-19-21-23-25-27-29-31-33-36-46-38-40(39-48-50(44,45)47-37-35-42)49-41(43)34-32-30-28-26-24-22-20-18-16-14-12-10-8-6-4-2/h4,33,36,40H,2-3,5-32,34-35,37-39,42H2,1H3,(H,44,45)/b36-33+/t40-/m1/s1. The maximum absolute atomic E-state index is 12.5. The Morgan fingerprint density at radius 2 is 1.10 bits per heavy atom. The van der Waals surface area contributed by atoms with Gasteiger partial charge in [-0.25, -0.2) is 4.57 Å². The van der Waals surface area contributed by atoms with E-state index in [1.165, 1.54) is 148 Å². The Hall–Kier alpha value is -1.18. The van der Waals surface area contributed by atoms with Gasteiger partial charge in [0.2, 0.25) is 0 Å². The Morgan fingerprint density at radius 3 is 1.56 bits per heavy atom. The molecule has 0 fully saturated rings. The van der Waals surface area contributed by atoms with Crippen molar-refractivity contribution in [2.75, 3.05) is 26.4 Å². The van der Waals surface area contributed by atoms with Crippen LogP contribution in [-0.2, 0) is 27.9 Å². The summed E-state index contributed by atoms with van der Waals surface area (Å²) in [6.07, 6.45) is 41.8. The van der Waals surface area contributed by atoms with Gasteiger partial charge in [0.15, 0.2) is 6.10 Å². The van der Waals surface area contributed by atoms with Crippen LogP contribution in [0.2, 0.25) is 0 Å². The largest absolute Gasteiger partial charge is 0.498 e. The van der Waals surface area contributed by atoms with Crippen LogP contribution in [0.15, 0.2) is 25.0 Å². The van der Waals surface area contributed by atoms with E-state index in [1.54, 1.807) is 6.26 Å². The van der Waals surface area contributed by atoms with Crippen LogP contribution >= 0.6 is 7.82 Å². The minimum absolute atomic E-state index is 0.0349. The number of hydrogen-bond acceptors (Lipinski definition) is 7. The summed E-state index contributed by atoms with van der Waals surface area (Å²) in [7, 11) is -4.29. The lowest BCUT2D eigenvalue weighted by Gasteiger charge is -2.19. The number of allylic oxidation sites excluding steroid dienone is 2. The van der Waals surface area contributed by atoms with Crippen LogP contribution in [0.1, 0.15) is 200 Å². The zero-order valence-corrected chi connectivity index (χ0v) is 33.4. The second-order valence-electron chi connectivity index (χ2n) is 14.0. The maximum Gasteiger partial charge on any atom is 0.472 e. The number of ether oxygens (including phenoxy) is 2. The van der Waals surface area contributed by atoms with E-state index in [0.29, 0.717) is 6.42 Å². The molecule has 0 aromatic carbocycles. The fraction of sp³-hybridized carbons (Fsp3) is 0.878. The molecule has 1 unspecified atom stereocenters. The highest BCUT2D eigenvalue weighted by molar-refractivity contribution is 7.47. The van der Waals surface area contributed by atoms with Crippen LogP contribution < -0.4 is 5.73 Å². The molecule has 296 valence electrons. The Morgan fingerprint density at radius 1 is 0.660 bits per heavy atom. The minimum Gasteiger partial charge on any atom is -0.498 e. The van der Waals surface area contributed by atoms with E-state index in [4.69, 9.17) is 24.3 Å². The molecule has 0 aliphatic carbocycles. The number of rotatable bonds is 41. The Kier molecular flexibility index (Phi) is 38.1. The molecule has 50 heavy (non-hydrogen) atoms. The van der Waals surface area contributed by atoms with Crippen molar-refractivity contribution >= 4 is 13.8 Å². The molecule has 0 aromatic heterocycles. The van der Waals surface area contributed by atoms with Gasteiger partial charge in [0, 0.05) is 13.0 Å². The topological polar surface area (TPSA) is 117 Å². The number of carbonyl (C=O) groups is 1. The van der Waals surface area contributed by atoms with E-state index < -0.39 is 13.9 Å². The highest BCUT2D eigenvalue weighted by Crippen LogP contribution is 2.43. The SMILES string of the molecule is C=CCCCCCCCCCCCCCCCC(=O)O[C@H](CO/C=C/CCCCCCCCCCCCCCCC)COP(=O)(O)OCCN. The Balaban J connectivity index is 4.06. The number of hydrogen-bond donors (Lipinski definition) is 2. The lowest BCUT2D eigenvalue weighted by atomic mass is 10.0. The summed E-state index contributed by atoms with van der Waals surface area (Å²) in [5.74, 6) is -0.353. The summed E-state index contributed by atoms with van der Waals surface area (Å²) < 4.78 is 33.1. The molecule has 0 aromatic rings. The normalized spacial score (nSPS) is 13.4. The predicted octanol–water partition coefficient (Wildman–Crippen LogP) is 12.4. The first kappa shape index (κ1) is 48.8. The van der Waals surface area contributed by atoms with Gasteiger partial charge < -0.3 is 20.1 Å². The van der Waals surface area contributed by atoms with E-state index >= 15 is 0 Å². The number of phosphoric acid groups is 1. The van der Waals surface area contributed by atoms with Crippen molar-refractivity contribution in [3.8, 4) is 0 Å². The number of phosphoric ester groups is 1. The Bertz CT molecular complexity index is 810. The van der Waals surface area contributed by atoms with Gasteiger partial charge in [0.05, 0.1) is 19.5 Å². The van der Waals surface area contributed by atoms with Crippen molar-refractivity contribution in [3.63, 3.8) is 0 Å². The number of esters is 1. The first-order valence-electron chi connectivity index (χ1n) is 20.8. The zero-order chi connectivity index (χ0) is 36.6. The van der Waals surface area contributed by atoms with Crippen LogP contribution in [0.25, 0.3) is 0 Å². The molecular weight excluding hydrogens is 649 g/mol. The third-order valence-electron chi connectivity index (χ3n) is 9.08. The summed E-state index contributed by atoms with van der Waals surface area (Å²) in [5.41, 5.74) is 5.36. The van der Waals surface area contributed by atoms with E-state index in [0.717, 1.165) is 38.5 Å². The van der Waals surface area contributed by atoms with Gasteiger partial charge in [0.1, 0.15) is 6.61 Å². The van der Waals surface area contributed by atoms with Gasteiger partial charge in [-0.05, 0) is 38.2 Å². The summed E-state index contributed by atoms with van der Waals surface area (Å²) in [4.78, 5) is 22.4. The fourth-order valence-corrected chi connectivity index (χ4v) is 6.77. The second-order valence-corrected chi connectivity index (χ2v) is 15.5. The average Bonchev–Trinajstić information content (AvgIpc) is 3.10. The highest BCUT2D eigenvalue weighted by Gasteiger charge is 2.25. The molecule has 2 atom stereocenters. The van der Waals surface area contributed by atoms with Crippen molar-refractivity contribution in [1.82, 2.24) is 0 Å². The van der Waals surface area contributed by atoms with Crippen molar-refractivity contribution in [1.29, 1.82) is 0 Å². The van der Waals surface area contributed by atoms with Crippen molar-refractivity contribution < 1.29 is 32.8 Å². The lowest BCUT2D eigenvalue weighted by molar-refractivity contribution is -0.153. The van der Waals surface area contributed by atoms with Gasteiger partial charge in [-0.3, -0.25) is 13.8 Å². The monoisotopic (exact) mass is 730 g/mol. The van der Waals surface area contributed by atoms with E-state index in [-0.39, 0.29) is 32.3 Å². The van der Waals surface area contributed by atoms with E-state index in [9.17, 15) is 14.3 Å². The third-order valence-corrected chi connectivity index (χ3v) is 10.1. The summed E-state index contributed by atoms with van der Waals surface area (Å²) >= 11 is 0. The lowest BCUT2D eigenvalue weighted by Crippen LogP contribution is -2.27. The van der Waals surface area contributed by atoms with Crippen molar-refractivity contribution in [2.24, 2.45) is 5.73 Å². The molecule has 0 saturated heterocycles. The summed E-state index contributed by atoms with van der Waals surface area (Å²) in [6.45, 7) is 5.77. The van der Waals surface area contributed by atoms with Crippen molar-refractivity contribution in [3.05, 3.63) is 25.0 Å². The third kappa shape index (κ3) is 38.1. The minimum atomic E-state index is -4.29. The van der Waals surface area contributed by atoms with Gasteiger partial charge in [0.25, 0.3) is 0 Å². The van der Waals surface area contributed by atoms with Crippen LogP contribution in [0.5, 0.6) is 0 Å². The molecule has 9 heteroatoms. The molecule has 0 spiro atoms. The molecular formula is C41H80NO7P. The second kappa shape index (κ2) is 39.0. The van der Waals surface area contributed by atoms with Crippen LogP contribution in [0.4, 0.5) is 0 Å². The average molecular weight is 730 g/mol. The van der Waals surface area contributed by atoms with Crippen LogP contribution in [-0.4, -0.2) is 43.3 Å². The van der Waals surface area contributed by atoms with Crippen LogP contribution in [0.3, 0.4) is 0 Å². The summed E-state index contributed by atoms with van der Waals surface area (Å²) in [6, 6.07) is 0. The van der Waals surface area contributed by atoms with E-state index in [1.807, 2.05) is 12.2 Å². The molecule has 8 nitrogen and oxygen atoms in total. The van der Waals surface area contributed by atoms with E-state index in [2.05, 4.69) is 13.5 Å². The van der Waals surface area contributed by atoms with Gasteiger partial charge in [-0.2, -0.15) is 0 Å². The molecule has 0 aliphatic rings.